The van der Waals surface area contributed by atoms with Gasteiger partial charge in [0.15, 0.2) is 11.0 Å². The van der Waals surface area contributed by atoms with Gasteiger partial charge in [-0.05, 0) is 43.7 Å². The van der Waals surface area contributed by atoms with Crippen molar-refractivity contribution in [1.82, 2.24) is 24.9 Å². The normalized spacial score (nSPS) is 15.6. The topological polar surface area (TPSA) is 53.0 Å². The highest BCUT2D eigenvalue weighted by molar-refractivity contribution is 6.34. The van der Waals surface area contributed by atoms with Crippen molar-refractivity contribution in [3.63, 3.8) is 0 Å². The first kappa shape index (κ1) is 18.5. The number of piperazine rings is 1. The first-order valence-electron chi connectivity index (χ1n) is 10.3. The highest BCUT2D eigenvalue weighted by Crippen LogP contribution is 2.25. The molecule has 1 fully saturated rings. The molecule has 7 heteroatoms. The van der Waals surface area contributed by atoms with E-state index in [1.165, 1.54) is 5.39 Å². The number of nitrogens with zero attached hydrogens (tertiary/aromatic N) is 5. The number of rotatable bonds is 6. The zero-order valence-electron chi connectivity index (χ0n) is 16.4. The van der Waals surface area contributed by atoms with E-state index in [0.29, 0.717) is 5.15 Å². The fraction of sp³-hybridized carbons (Fsp3) is 0.364. The summed E-state index contributed by atoms with van der Waals surface area (Å²) in [5.74, 6) is 1.09. The number of unbranched alkanes of at least 4 members (excludes halogenated alkanes) is 1. The first-order chi connectivity index (χ1) is 14.3. The van der Waals surface area contributed by atoms with Gasteiger partial charge < -0.3 is 4.90 Å². The number of aromatic nitrogens is 4. The van der Waals surface area contributed by atoms with Crippen molar-refractivity contribution < 1.29 is 0 Å². The third kappa shape index (κ3) is 3.70. The van der Waals surface area contributed by atoms with Gasteiger partial charge in [0.25, 0.3) is 0 Å². The first-order valence-corrected chi connectivity index (χ1v) is 10.7. The second-order valence-corrected chi connectivity index (χ2v) is 8.02. The van der Waals surface area contributed by atoms with Gasteiger partial charge in [-0.25, -0.2) is 0 Å². The van der Waals surface area contributed by atoms with Crippen LogP contribution in [0.25, 0.3) is 21.8 Å². The van der Waals surface area contributed by atoms with Gasteiger partial charge in [0, 0.05) is 43.5 Å². The minimum Gasteiger partial charge on any atom is -0.352 e. The quantitative estimate of drug-likeness (QED) is 0.486. The summed E-state index contributed by atoms with van der Waals surface area (Å²) in [5.41, 5.74) is 2.23. The van der Waals surface area contributed by atoms with Gasteiger partial charge in [0.1, 0.15) is 0 Å². The van der Waals surface area contributed by atoms with E-state index < -0.39 is 0 Å². The number of H-pyrrole nitrogens is 1. The van der Waals surface area contributed by atoms with Crippen molar-refractivity contribution in [2.24, 2.45) is 0 Å². The second-order valence-electron chi connectivity index (χ2n) is 7.66. The van der Waals surface area contributed by atoms with Crippen LogP contribution in [0, 0.1) is 0 Å². The molecule has 0 atom stereocenters. The van der Waals surface area contributed by atoms with Crippen molar-refractivity contribution in [3.05, 3.63) is 53.7 Å². The van der Waals surface area contributed by atoms with Gasteiger partial charge >= 0.3 is 0 Å². The fourth-order valence-corrected chi connectivity index (χ4v) is 4.48. The van der Waals surface area contributed by atoms with Crippen LogP contribution in [-0.4, -0.2) is 57.6 Å². The number of hydrogen-bond acceptors (Lipinski definition) is 4. The van der Waals surface area contributed by atoms with E-state index in [0.717, 1.165) is 74.3 Å². The molecule has 29 heavy (non-hydrogen) atoms. The lowest BCUT2D eigenvalue weighted by Crippen LogP contribution is -2.46. The zero-order valence-corrected chi connectivity index (χ0v) is 17.1. The van der Waals surface area contributed by atoms with Crippen LogP contribution < -0.4 is 4.90 Å². The lowest BCUT2D eigenvalue weighted by atomic mass is 10.2. The van der Waals surface area contributed by atoms with Crippen LogP contribution in [0.3, 0.4) is 0 Å². The summed E-state index contributed by atoms with van der Waals surface area (Å²) in [6, 6.07) is 16.5. The molecule has 4 aromatic rings. The van der Waals surface area contributed by atoms with E-state index in [9.17, 15) is 0 Å². The lowest BCUT2D eigenvalue weighted by Gasteiger charge is -2.35. The van der Waals surface area contributed by atoms with Crippen LogP contribution in [0.2, 0.25) is 5.15 Å². The average Bonchev–Trinajstić information content (AvgIpc) is 3.33. The fourth-order valence-electron chi connectivity index (χ4n) is 4.23. The molecule has 1 N–H and O–H groups in total. The standard InChI is InChI=1S/C22H25ClN6/c23-21-18-8-2-4-10-20(18)29(26-21)12-6-5-11-27-13-15-28(16-14-27)22-17-7-1-3-9-19(17)24-25-22/h1-4,7-10H,5-6,11-16H2,(H,24,25). The number of anilines is 1. The van der Waals surface area contributed by atoms with E-state index in [1.54, 1.807) is 0 Å². The molecule has 5 rings (SSSR count). The van der Waals surface area contributed by atoms with Gasteiger partial charge in [-0.1, -0.05) is 35.9 Å². The summed E-state index contributed by atoms with van der Waals surface area (Å²) in [6.07, 6.45) is 2.27. The van der Waals surface area contributed by atoms with Crippen LogP contribution in [-0.2, 0) is 6.54 Å². The van der Waals surface area contributed by atoms with Gasteiger partial charge in [-0.15, -0.1) is 0 Å². The molecule has 6 nitrogen and oxygen atoms in total. The Morgan fingerprint density at radius 2 is 1.59 bits per heavy atom. The van der Waals surface area contributed by atoms with Gasteiger partial charge in [0.05, 0.1) is 11.0 Å². The Bertz CT molecular complexity index is 1110. The molecule has 1 aliphatic rings. The highest BCUT2D eigenvalue weighted by Gasteiger charge is 2.20. The molecule has 1 aliphatic heterocycles. The van der Waals surface area contributed by atoms with E-state index in [4.69, 9.17) is 11.6 Å². The van der Waals surface area contributed by atoms with Crippen LogP contribution in [0.4, 0.5) is 5.82 Å². The molecule has 0 spiro atoms. The summed E-state index contributed by atoms with van der Waals surface area (Å²) in [6.45, 7) is 6.24. The van der Waals surface area contributed by atoms with E-state index in [-0.39, 0.29) is 0 Å². The molecule has 0 bridgehead atoms. The molecular formula is C22H25ClN6. The third-order valence-corrected chi connectivity index (χ3v) is 6.11. The molecule has 0 aliphatic carbocycles. The van der Waals surface area contributed by atoms with Gasteiger partial charge in [-0.2, -0.15) is 10.2 Å². The summed E-state index contributed by atoms with van der Waals surface area (Å²) in [4.78, 5) is 4.95. The number of aryl methyl sites for hydroxylation is 1. The van der Waals surface area contributed by atoms with Crippen molar-refractivity contribution in [1.29, 1.82) is 0 Å². The highest BCUT2D eigenvalue weighted by atomic mass is 35.5. The molecule has 150 valence electrons. The monoisotopic (exact) mass is 408 g/mol. The number of aromatic amines is 1. The smallest absolute Gasteiger partial charge is 0.158 e. The van der Waals surface area contributed by atoms with Crippen molar-refractivity contribution in [3.8, 4) is 0 Å². The number of halogens is 1. The Balaban J connectivity index is 1.11. The van der Waals surface area contributed by atoms with E-state index >= 15 is 0 Å². The Labute approximate surface area is 175 Å². The number of benzene rings is 2. The lowest BCUT2D eigenvalue weighted by molar-refractivity contribution is 0.250. The molecular weight excluding hydrogens is 384 g/mol. The second kappa shape index (κ2) is 8.05. The minimum absolute atomic E-state index is 0.600. The van der Waals surface area contributed by atoms with Crippen molar-refractivity contribution in [2.75, 3.05) is 37.6 Å². The number of para-hydroxylation sites is 2. The molecule has 1 saturated heterocycles. The summed E-state index contributed by atoms with van der Waals surface area (Å²) < 4.78 is 2.04. The molecule has 0 unspecified atom stereocenters. The summed E-state index contributed by atoms with van der Waals surface area (Å²) >= 11 is 6.25. The maximum absolute atomic E-state index is 6.25. The Morgan fingerprint density at radius 1 is 0.862 bits per heavy atom. The molecule has 0 saturated carbocycles. The average molecular weight is 409 g/mol. The van der Waals surface area contributed by atoms with Gasteiger partial charge in [-0.3, -0.25) is 14.7 Å². The molecule has 0 radical (unpaired) electrons. The number of hydrogen-bond donors (Lipinski definition) is 1. The van der Waals surface area contributed by atoms with Crippen LogP contribution in [0.15, 0.2) is 48.5 Å². The Kier molecular flexibility index (Phi) is 5.12. The molecule has 0 amide bonds. The van der Waals surface area contributed by atoms with E-state index in [1.807, 2.05) is 28.9 Å². The maximum Gasteiger partial charge on any atom is 0.158 e. The van der Waals surface area contributed by atoms with Crippen LogP contribution in [0.1, 0.15) is 12.8 Å². The molecule has 3 heterocycles. The minimum atomic E-state index is 0.600. The largest absolute Gasteiger partial charge is 0.352 e. The third-order valence-electron chi connectivity index (χ3n) is 5.83. The van der Waals surface area contributed by atoms with Crippen molar-refractivity contribution in [2.45, 2.75) is 19.4 Å². The summed E-state index contributed by atoms with van der Waals surface area (Å²) in [5, 5.41) is 15.0. The Morgan fingerprint density at radius 3 is 2.45 bits per heavy atom. The van der Waals surface area contributed by atoms with E-state index in [2.05, 4.69) is 49.4 Å². The van der Waals surface area contributed by atoms with Crippen LogP contribution in [0.5, 0.6) is 0 Å². The maximum atomic E-state index is 6.25. The predicted octanol–water partition coefficient (Wildman–Crippen LogP) is 4.17. The SMILES string of the molecule is Clc1nn(CCCCN2CCN(c3n[nH]c4ccccc34)CC2)c2ccccc12. The van der Waals surface area contributed by atoms with Crippen LogP contribution >= 0.6 is 11.6 Å². The number of nitrogens with one attached hydrogen (secondary N) is 1. The molecule has 2 aromatic heterocycles. The number of fused-ring (bicyclic) bond motifs is 2. The predicted molar refractivity (Wildman–Crippen MR) is 119 cm³/mol. The molecule has 2 aromatic carbocycles. The summed E-state index contributed by atoms with van der Waals surface area (Å²) in [7, 11) is 0. The van der Waals surface area contributed by atoms with Crippen molar-refractivity contribution >= 4 is 39.2 Å². The zero-order chi connectivity index (χ0) is 19.6. The Hall–Kier alpha value is -2.57. The van der Waals surface area contributed by atoms with Gasteiger partial charge in [0.2, 0.25) is 0 Å².